The molecule has 0 saturated heterocycles. The van der Waals surface area contributed by atoms with Crippen LogP contribution in [0.1, 0.15) is 27.2 Å². The molecule has 0 atom stereocenters. The van der Waals surface area contributed by atoms with Gasteiger partial charge in [-0.3, -0.25) is 0 Å². The van der Waals surface area contributed by atoms with E-state index in [9.17, 15) is 0 Å². The summed E-state index contributed by atoms with van der Waals surface area (Å²) in [5.41, 5.74) is 8.73. The van der Waals surface area contributed by atoms with Crippen molar-refractivity contribution in [1.82, 2.24) is 5.73 Å². The summed E-state index contributed by atoms with van der Waals surface area (Å²) in [4.78, 5) is 0. The molecule has 1 heteroatoms. The van der Waals surface area contributed by atoms with Gasteiger partial charge in [-0.2, -0.15) is 0 Å². The van der Waals surface area contributed by atoms with Crippen LogP contribution in [0.2, 0.25) is 0 Å². The van der Waals surface area contributed by atoms with E-state index >= 15 is 0 Å². The summed E-state index contributed by atoms with van der Waals surface area (Å²) in [6, 6.07) is 0. The van der Waals surface area contributed by atoms with E-state index in [1.165, 1.54) is 0 Å². The lowest BCUT2D eigenvalue weighted by molar-refractivity contribution is 0.360. The van der Waals surface area contributed by atoms with Crippen LogP contribution in [0.15, 0.2) is 0 Å². The van der Waals surface area contributed by atoms with Crippen LogP contribution in [-0.4, -0.2) is 6.54 Å². The van der Waals surface area contributed by atoms with Crippen molar-refractivity contribution in [1.29, 1.82) is 0 Å². The van der Waals surface area contributed by atoms with Crippen LogP contribution in [0.4, 0.5) is 0 Å². The number of hydrogen-bond donors (Lipinski definition) is 0. The molecule has 0 spiro atoms. The first kappa shape index (κ1) is 6.96. The van der Waals surface area contributed by atoms with E-state index in [1.807, 2.05) is 13.8 Å². The van der Waals surface area contributed by atoms with Crippen LogP contribution in [0.5, 0.6) is 0 Å². The average Bonchev–Trinajstić information content (AvgIpc) is 1.68. The maximum atomic E-state index is 8.59. The van der Waals surface area contributed by atoms with Gasteiger partial charge in [0.05, 0.1) is 0 Å². The molecule has 0 aliphatic heterocycles. The Bertz CT molecular complexity index is 42.1. The zero-order valence-electron chi connectivity index (χ0n) is 5.36. The highest BCUT2D eigenvalue weighted by atomic mass is 14.6. The third kappa shape index (κ3) is 2.63. The van der Waals surface area contributed by atoms with Crippen molar-refractivity contribution < 1.29 is 0 Å². The molecule has 0 bridgehead atoms. The van der Waals surface area contributed by atoms with Crippen LogP contribution in [0, 0.1) is 5.41 Å². The quantitative estimate of drug-likeness (QED) is 0.500. The molecule has 0 N–H and O–H groups in total. The van der Waals surface area contributed by atoms with Crippen molar-refractivity contribution in [3.05, 3.63) is 0 Å². The number of rotatable bonds is 2. The predicted octanol–water partition coefficient (Wildman–Crippen LogP) is 1.49. The van der Waals surface area contributed by atoms with Crippen molar-refractivity contribution in [2.75, 3.05) is 6.54 Å². The predicted molar refractivity (Wildman–Crippen MR) is 31.1 cm³/mol. The lowest BCUT2D eigenvalue weighted by Gasteiger charge is -2.16. The highest BCUT2D eigenvalue weighted by Crippen LogP contribution is 2.16. The first-order valence-corrected chi connectivity index (χ1v) is 2.73. The van der Waals surface area contributed by atoms with E-state index in [0.29, 0.717) is 6.54 Å². The van der Waals surface area contributed by atoms with E-state index < -0.39 is 0 Å². The minimum atomic E-state index is 0.139. The molecule has 0 aromatic heterocycles. The molecule has 0 amide bonds. The Morgan fingerprint density at radius 3 is 1.86 bits per heavy atom. The molecular weight excluding hydrogens is 86.1 g/mol. The third-order valence-corrected chi connectivity index (χ3v) is 1.39. The van der Waals surface area contributed by atoms with Gasteiger partial charge in [-0.05, 0) is 11.8 Å². The maximum absolute atomic E-state index is 8.59. The van der Waals surface area contributed by atoms with Crippen molar-refractivity contribution in [3.8, 4) is 0 Å². The summed E-state index contributed by atoms with van der Waals surface area (Å²) in [6.45, 7) is 6.47. The van der Waals surface area contributed by atoms with E-state index in [-0.39, 0.29) is 5.41 Å². The third-order valence-electron chi connectivity index (χ3n) is 1.39. The zero-order chi connectivity index (χ0) is 5.91. The van der Waals surface area contributed by atoms with Gasteiger partial charge in [-0.25, -0.2) is 0 Å². The SMILES string of the molecule is CCC(C)(C)C[N]. The highest BCUT2D eigenvalue weighted by molar-refractivity contribution is 4.64. The molecule has 0 saturated carbocycles. The highest BCUT2D eigenvalue weighted by Gasteiger charge is 2.11. The van der Waals surface area contributed by atoms with E-state index in [0.717, 1.165) is 6.42 Å². The molecule has 42 valence electrons. The van der Waals surface area contributed by atoms with Gasteiger partial charge in [0.2, 0.25) is 0 Å². The van der Waals surface area contributed by atoms with E-state index in [1.54, 1.807) is 0 Å². The van der Waals surface area contributed by atoms with Gasteiger partial charge in [-0.15, -0.1) is 5.73 Å². The fourth-order valence-electron chi connectivity index (χ4n) is 0.112. The Hall–Kier alpha value is -0.0400. The smallest absolute Gasteiger partial charge is 0.0372 e. The maximum Gasteiger partial charge on any atom is 0.0372 e. The van der Waals surface area contributed by atoms with Crippen LogP contribution < -0.4 is 5.73 Å². The topological polar surface area (TPSA) is 22.3 Å². The van der Waals surface area contributed by atoms with Gasteiger partial charge in [-0.1, -0.05) is 20.8 Å². The van der Waals surface area contributed by atoms with Gasteiger partial charge in [0.25, 0.3) is 0 Å². The van der Waals surface area contributed by atoms with Gasteiger partial charge in [0.1, 0.15) is 0 Å². The second-order valence-corrected chi connectivity index (χ2v) is 2.68. The minimum Gasteiger partial charge on any atom is -0.144 e. The molecule has 0 unspecified atom stereocenters. The summed E-state index contributed by atoms with van der Waals surface area (Å²) in [7, 11) is 0. The molecule has 1 nitrogen and oxygen atoms in total. The van der Waals surface area contributed by atoms with E-state index in [2.05, 4.69) is 6.92 Å². The molecule has 0 aromatic rings. The standard InChI is InChI=1S/C6H13N/c1-4-6(2,3)5-7/h4-5H2,1-3H3. The first-order chi connectivity index (χ1) is 3.12. The largest absolute Gasteiger partial charge is 0.144 e. The molecule has 0 heterocycles. The summed E-state index contributed by atoms with van der Waals surface area (Å²) in [5, 5.41) is 0. The van der Waals surface area contributed by atoms with Crippen molar-refractivity contribution in [2.45, 2.75) is 27.2 Å². The second kappa shape index (κ2) is 2.31. The van der Waals surface area contributed by atoms with Gasteiger partial charge in [0.15, 0.2) is 0 Å². The Kier molecular flexibility index (Phi) is 2.30. The molecular formula is C6H13N. The van der Waals surface area contributed by atoms with Crippen molar-refractivity contribution in [2.24, 2.45) is 5.41 Å². The summed E-state index contributed by atoms with van der Waals surface area (Å²) in [5.74, 6) is 0. The van der Waals surface area contributed by atoms with Crippen LogP contribution in [0.25, 0.3) is 0 Å². The molecule has 0 aliphatic carbocycles. The Morgan fingerprint density at radius 2 is 1.86 bits per heavy atom. The normalized spacial score (nSPS) is 12.0. The number of hydrogen-bond acceptors (Lipinski definition) is 0. The van der Waals surface area contributed by atoms with Gasteiger partial charge >= 0.3 is 0 Å². The van der Waals surface area contributed by atoms with Crippen LogP contribution >= 0.6 is 0 Å². The summed E-state index contributed by atoms with van der Waals surface area (Å²) >= 11 is 0. The molecule has 0 aromatic carbocycles. The molecule has 0 aliphatic rings. The Balaban J connectivity index is 3.36. The average molecular weight is 99.2 g/mol. The Labute approximate surface area is 45.9 Å². The van der Waals surface area contributed by atoms with Crippen LogP contribution in [0.3, 0.4) is 0 Å². The van der Waals surface area contributed by atoms with Crippen LogP contribution in [-0.2, 0) is 0 Å². The first-order valence-electron chi connectivity index (χ1n) is 2.73. The summed E-state index contributed by atoms with van der Waals surface area (Å²) in [6.07, 6.45) is 1.05. The minimum absolute atomic E-state index is 0.139. The van der Waals surface area contributed by atoms with Gasteiger partial charge < -0.3 is 0 Å². The van der Waals surface area contributed by atoms with Gasteiger partial charge in [0, 0.05) is 6.54 Å². The van der Waals surface area contributed by atoms with Crippen molar-refractivity contribution in [3.63, 3.8) is 0 Å². The molecule has 0 rings (SSSR count). The lowest BCUT2D eigenvalue weighted by atomic mass is 9.91. The Morgan fingerprint density at radius 1 is 1.43 bits per heavy atom. The van der Waals surface area contributed by atoms with Crippen molar-refractivity contribution >= 4 is 0 Å². The molecule has 7 heavy (non-hydrogen) atoms. The summed E-state index contributed by atoms with van der Waals surface area (Å²) < 4.78 is 0. The zero-order valence-corrected chi connectivity index (χ0v) is 5.36. The number of nitrogens with zero attached hydrogens (tertiary/aromatic N) is 1. The van der Waals surface area contributed by atoms with E-state index in [4.69, 9.17) is 5.73 Å². The molecule has 0 fully saturated rings. The second-order valence-electron chi connectivity index (χ2n) is 2.68. The fraction of sp³-hybridized carbons (Fsp3) is 1.00. The lowest BCUT2D eigenvalue weighted by Crippen LogP contribution is -2.15. The fourth-order valence-corrected chi connectivity index (χ4v) is 0.112. The molecule has 2 radical (unpaired) electrons. The monoisotopic (exact) mass is 99.1 g/mol.